The van der Waals surface area contributed by atoms with Crippen LogP contribution in [0.4, 0.5) is 4.39 Å². The Morgan fingerprint density at radius 3 is 2.79 bits per heavy atom. The zero-order valence-corrected chi connectivity index (χ0v) is 10.6. The van der Waals surface area contributed by atoms with Crippen molar-refractivity contribution in [2.24, 2.45) is 0 Å². The summed E-state index contributed by atoms with van der Waals surface area (Å²) < 4.78 is 15.4. The molecule has 0 amide bonds. The van der Waals surface area contributed by atoms with Gasteiger partial charge >= 0.3 is 5.97 Å². The number of rotatable bonds is 5. The molecule has 0 aliphatic rings. The van der Waals surface area contributed by atoms with Crippen LogP contribution in [0.2, 0.25) is 0 Å². The maximum atomic E-state index is 13.7. The van der Waals surface area contributed by atoms with Gasteiger partial charge in [0.2, 0.25) is 0 Å². The maximum absolute atomic E-state index is 13.7. The van der Waals surface area contributed by atoms with E-state index in [1.54, 1.807) is 29.2 Å². The number of carbonyl (C=O) groups is 1. The summed E-state index contributed by atoms with van der Waals surface area (Å²) in [5, 5.41) is 13.4. The quantitative estimate of drug-likeness (QED) is 0.900. The molecule has 1 aromatic carbocycles. The lowest BCUT2D eigenvalue weighted by Gasteiger charge is -2.12. The standard InChI is InChI=1S/C14H15FN2O2/c1-2-17-9-10(8-16-17)7-12(14(18)19)11-5-3-4-6-13(11)15/h3-6,8-9,12H,2,7H2,1H3,(H,18,19). The summed E-state index contributed by atoms with van der Waals surface area (Å²) in [7, 11) is 0. The van der Waals surface area contributed by atoms with Crippen molar-refractivity contribution >= 4 is 5.97 Å². The number of aryl methyl sites for hydroxylation is 1. The number of carboxylic acid groups (broad SMARTS) is 1. The van der Waals surface area contributed by atoms with E-state index in [4.69, 9.17) is 0 Å². The molecule has 4 nitrogen and oxygen atoms in total. The molecule has 1 N–H and O–H groups in total. The van der Waals surface area contributed by atoms with Crippen LogP contribution in [-0.2, 0) is 17.8 Å². The molecule has 5 heteroatoms. The Kier molecular flexibility index (Phi) is 3.94. The molecule has 0 saturated heterocycles. The van der Waals surface area contributed by atoms with Gasteiger partial charge in [-0.05, 0) is 25.0 Å². The van der Waals surface area contributed by atoms with Crippen molar-refractivity contribution in [2.75, 3.05) is 0 Å². The molecule has 1 heterocycles. The van der Waals surface area contributed by atoms with Crippen molar-refractivity contribution in [1.82, 2.24) is 9.78 Å². The second-order valence-corrected chi connectivity index (χ2v) is 4.32. The van der Waals surface area contributed by atoms with Crippen LogP contribution in [-0.4, -0.2) is 20.9 Å². The predicted octanol–water partition coefficient (Wildman–Crippen LogP) is 2.45. The van der Waals surface area contributed by atoms with Gasteiger partial charge in [-0.25, -0.2) is 4.39 Å². The Morgan fingerprint density at radius 2 is 2.21 bits per heavy atom. The largest absolute Gasteiger partial charge is 0.481 e. The lowest BCUT2D eigenvalue weighted by atomic mass is 9.93. The predicted molar refractivity (Wildman–Crippen MR) is 68.4 cm³/mol. The smallest absolute Gasteiger partial charge is 0.311 e. The zero-order chi connectivity index (χ0) is 13.8. The van der Waals surface area contributed by atoms with Crippen LogP contribution in [0.1, 0.15) is 24.0 Å². The van der Waals surface area contributed by atoms with Crippen molar-refractivity contribution in [1.29, 1.82) is 0 Å². The molecular weight excluding hydrogens is 247 g/mol. The number of hydrogen-bond acceptors (Lipinski definition) is 2. The molecule has 1 unspecified atom stereocenters. The van der Waals surface area contributed by atoms with E-state index in [1.165, 1.54) is 12.1 Å². The second kappa shape index (κ2) is 5.65. The van der Waals surface area contributed by atoms with E-state index < -0.39 is 17.7 Å². The number of hydrogen-bond donors (Lipinski definition) is 1. The van der Waals surface area contributed by atoms with Gasteiger partial charge in [-0.1, -0.05) is 18.2 Å². The Morgan fingerprint density at radius 1 is 1.47 bits per heavy atom. The molecule has 0 aliphatic carbocycles. The van der Waals surface area contributed by atoms with Crippen LogP contribution >= 0.6 is 0 Å². The third kappa shape index (κ3) is 2.99. The highest BCUT2D eigenvalue weighted by Gasteiger charge is 2.23. The summed E-state index contributed by atoms with van der Waals surface area (Å²) in [6, 6.07) is 5.98. The molecular formula is C14H15FN2O2. The molecule has 19 heavy (non-hydrogen) atoms. The van der Waals surface area contributed by atoms with Crippen LogP contribution in [0.25, 0.3) is 0 Å². The number of carboxylic acids is 1. The second-order valence-electron chi connectivity index (χ2n) is 4.32. The number of benzene rings is 1. The highest BCUT2D eigenvalue weighted by Crippen LogP contribution is 2.23. The molecule has 0 spiro atoms. The fourth-order valence-corrected chi connectivity index (χ4v) is 2.01. The normalized spacial score (nSPS) is 12.3. The fraction of sp³-hybridized carbons (Fsp3) is 0.286. The average molecular weight is 262 g/mol. The minimum Gasteiger partial charge on any atom is -0.481 e. The lowest BCUT2D eigenvalue weighted by molar-refractivity contribution is -0.138. The third-order valence-corrected chi connectivity index (χ3v) is 3.03. The van der Waals surface area contributed by atoms with Gasteiger partial charge in [-0.3, -0.25) is 9.48 Å². The third-order valence-electron chi connectivity index (χ3n) is 3.03. The van der Waals surface area contributed by atoms with Gasteiger partial charge in [-0.2, -0.15) is 5.10 Å². The first-order chi connectivity index (χ1) is 9.11. The van der Waals surface area contributed by atoms with E-state index in [1.807, 2.05) is 6.92 Å². The molecule has 0 radical (unpaired) electrons. The highest BCUT2D eigenvalue weighted by atomic mass is 19.1. The molecule has 0 bridgehead atoms. The lowest BCUT2D eigenvalue weighted by Crippen LogP contribution is -2.15. The van der Waals surface area contributed by atoms with Gasteiger partial charge in [0.05, 0.1) is 12.1 Å². The van der Waals surface area contributed by atoms with Gasteiger partial charge < -0.3 is 5.11 Å². The molecule has 100 valence electrons. The monoisotopic (exact) mass is 262 g/mol. The van der Waals surface area contributed by atoms with Crippen molar-refractivity contribution in [2.45, 2.75) is 25.8 Å². The zero-order valence-electron chi connectivity index (χ0n) is 10.6. The van der Waals surface area contributed by atoms with Gasteiger partial charge in [0.15, 0.2) is 0 Å². The minimum atomic E-state index is -1.03. The average Bonchev–Trinajstić information content (AvgIpc) is 2.84. The number of aromatic nitrogens is 2. The fourth-order valence-electron chi connectivity index (χ4n) is 2.01. The Hall–Kier alpha value is -2.17. The van der Waals surface area contributed by atoms with Crippen LogP contribution in [0.15, 0.2) is 36.7 Å². The van der Waals surface area contributed by atoms with Crippen LogP contribution in [0.3, 0.4) is 0 Å². The van der Waals surface area contributed by atoms with E-state index in [0.29, 0.717) is 0 Å². The topological polar surface area (TPSA) is 55.1 Å². The van der Waals surface area contributed by atoms with E-state index in [9.17, 15) is 14.3 Å². The Labute approximate surface area is 110 Å². The summed E-state index contributed by atoms with van der Waals surface area (Å²) in [5.74, 6) is -2.41. The van der Waals surface area contributed by atoms with Crippen molar-refractivity contribution in [3.63, 3.8) is 0 Å². The Bertz CT molecular complexity index is 580. The number of nitrogens with zero attached hydrogens (tertiary/aromatic N) is 2. The molecule has 0 aliphatic heterocycles. The van der Waals surface area contributed by atoms with Gasteiger partial charge in [0.25, 0.3) is 0 Å². The number of aliphatic carboxylic acids is 1. The van der Waals surface area contributed by atoms with Crippen LogP contribution in [0.5, 0.6) is 0 Å². The molecule has 0 fully saturated rings. The molecule has 2 aromatic rings. The van der Waals surface area contributed by atoms with E-state index in [-0.39, 0.29) is 12.0 Å². The van der Waals surface area contributed by atoms with Gasteiger partial charge in [0, 0.05) is 18.3 Å². The summed E-state index contributed by atoms with van der Waals surface area (Å²) in [6.45, 7) is 2.67. The first-order valence-electron chi connectivity index (χ1n) is 6.10. The molecule has 0 saturated carbocycles. The highest BCUT2D eigenvalue weighted by molar-refractivity contribution is 5.76. The minimum absolute atomic E-state index is 0.208. The molecule has 2 rings (SSSR count). The van der Waals surface area contributed by atoms with Crippen molar-refractivity contribution in [3.05, 3.63) is 53.6 Å². The van der Waals surface area contributed by atoms with E-state index in [2.05, 4.69) is 5.10 Å². The maximum Gasteiger partial charge on any atom is 0.311 e. The van der Waals surface area contributed by atoms with Crippen LogP contribution < -0.4 is 0 Å². The van der Waals surface area contributed by atoms with E-state index in [0.717, 1.165) is 12.1 Å². The van der Waals surface area contributed by atoms with Crippen molar-refractivity contribution < 1.29 is 14.3 Å². The van der Waals surface area contributed by atoms with Crippen molar-refractivity contribution in [3.8, 4) is 0 Å². The summed E-state index contributed by atoms with van der Waals surface area (Å²) >= 11 is 0. The SMILES string of the molecule is CCn1cc(CC(C(=O)O)c2ccccc2F)cn1. The number of halogens is 1. The van der Waals surface area contributed by atoms with Gasteiger partial charge in [0.1, 0.15) is 5.82 Å². The Balaban J connectivity index is 2.26. The first-order valence-corrected chi connectivity index (χ1v) is 6.10. The molecule has 1 aromatic heterocycles. The molecule has 1 atom stereocenters. The summed E-state index contributed by atoms with van der Waals surface area (Å²) in [5.41, 5.74) is 0.997. The summed E-state index contributed by atoms with van der Waals surface area (Å²) in [4.78, 5) is 11.3. The summed E-state index contributed by atoms with van der Waals surface area (Å²) in [6.07, 6.45) is 3.65. The van der Waals surface area contributed by atoms with E-state index >= 15 is 0 Å². The van der Waals surface area contributed by atoms with Crippen LogP contribution in [0, 0.1) is 5.82 Å². The van der Waals surface area contributed by atoms with Gasteiger partial charge in [-0.15, -0.1) is 0 Å². The first kappa shape index (κ1) is 13.3.